The van der Waals surface area contributed by atoms with Gasteiger partial charge in [-0.1, -0.05) is 32.1 Å². The van der Waals surface area contributed by atoms with Gasteiger partial charge < -0.3 is 15.2 Å². The zero-order valence-corrected chi connectivity index (χ0v) is 11.7. The fraction of sp³-hybridized carbons (Fsp3) is 0.929. The minimum atomic E-state index is -1.42. The van der Waals surface area contributed by atoms with Gasteiger partial charge in [0.2, 0.25) is 0 Å². The molecule has 0 spiro atoms. The van der Waals surface area contributed by atoms with E-state index in [1.54, 1.807) is 0 Å². The van der Waals surface area contributed by atoms with Crippen LogP contribution in [0.4, 0.5) is 0 Å². The zero-order chi connectivity index (χ0) is 13.4. The Labute approximate surface area is 110 Å². The normalized spacial score (nSPS) is 21.7. The molecule has 0 bridgehead atoms. The predicted molar refractivity (Wildman–Crippen MR) is 71.3 cm³/mol. The van der Waals surface area contributed by atoms with Gasteiger partial charge in [-0.25, -0.2) is 0 Å². The summed E-state index contributed by atoms with van der Waals surface area (Å²) in [5, 5.41) is 12.7. The van der Waals surface area contributed by atoms with E-state index in [2.05, 4.69) is 5.32 Å². The Morgan fingerprint density at radius 3 is 2.39 bits per heavy atom. The van der Waals surface area contributed by atoms with Crippen LogP contribution in [0.2, 0.25) is 0 Å². The molecule has 0 aliphatic heterocycles. The van der Waals surface area contributed by atoms with Crippen molar-refractivity contribution in [2.75, 3.05) is 20.3 Å². The molecule has 4 heteroatoms. The van der Waals surface area contributed by atoms with Crippen LogP contribution in [-0.4, -0.2) is 36.9 Å². The van der Waals surface area contributed by atoms with E-state index in [1.165, 1.54) is 59.0 Å². The molecule has 1 rings (SSSR count). The minimum absolute atomic E-state index is 0.0312. The van der Waals surface area contributed by atoms with Gasteiger partial charge >= 0.3 is 0 Å². The van der Waals surface area contributed by atoms with Crippen LogP contribution in [0.15, 0.2) is 0 Å². The lowest BCUT2D eigenvalue weighted by Gasteiger charge is -2.24. The second-order valence-electron chi connectivity index (χ2n) is 5.63. The second kappa shape index (κ2) is 7.74. The van der Waals surface area contributed by atoms with Crippen molar-refractivity contribution >= 4 is 5.91 Å². The molecule has 0 aromatic carbocycles. The summed E-state index contributed by atoms with van der Waals surface area (Å²) >= 11 is 0. The molecule has 1 aliphatic rings. The average molecular weight is 257 g/mol. The number of ether oxygens (including phenoxy) is 1. The van der Waals surface area contributed by atoms with Gasteiger partial charge in [-0.15, -0.1) is 0 Å². The number of rotatable bonds is 5. The van der Waals surface area contributed by atoms with Crippen LogP contribution in [0, 0.1) is 5.92 Å². The van der Waals surface area contributed by atoms with Crippen LogP contribution in [0.5, 0.6) is 0 Å². The van der Waals surface area contributed by atoms with Gasteiger partial charge in [0.05, 0.1) is 6.61 Å². The molecule has 4 nitrogen and oxygen atoms in total. The Hall–Kier alpha value is -0.610. The molecule has 1 amide bonds. The van der Waals surface area contributed by atoms with Gasteiger partial charge in [0.1, 0.15) is 0 Å². The summed E-state index contributed by atoms with van der Waals surface area (Å²) in [5.74, 6) is 0.235. The van der Waals surface area contributed by atoms with Gasteiger partial charge in [0.15, 0.2) is 5.60 Å². The number of carbonyl (C=O) groups is 1. The van der Waals surface area contributed by atoms with Crippen LogP contribution < -0.4 is 5.32 Å². The SMILES string of the molecule is COCC(C)(O)C(=O)NCC1CCCCCCC1. The van der Waals surface area contributed by atoms with Crippen molar-refractivity contribution in [1.82, 2.24) is 5.32 Å². The summed E-state index contributed by atoms with van der Waals surface area (Å²) in [6, 6.07) is 0. The molecule has 1 unspecified atom stereocenters. The summed E-state index contributed by atoms with van der Waals surface area (Å²) in [7, 11) is 1.48. The molecule has 0 heterocycles. The van der Waals surface area contributed by atoms with Crippen molar-refractivity contribution in [3.8, 4) is 0 Å². The molecule has 106 valence electrons. The highest BCUT2D eigenvalue weighted by atomic mass is 16.5. The molecule has 0 saturated heterocycles. The number of hydrogen-bond acceptors (Lipinski definition) is 3. The summed E-state index contributed by atoms with van der Waals surface area (Å²) in [6.45, 7) is 2.20. The molecule has 1 aliphatic carbocycles. The Bertz CT molecular complexity index is 245. The highest BCUT2D eigenvalue weighted by Gasteiger charge is 2.30. The number of carbonyl (C=O) groups excluding carboxylic acids is 1. The van der Waals surface area contributed by atoms with Gasteiger partial charge in [0, 0.05) is 13.7 Å². The second-order valence-corrected chi connectivity index (χ2v) is 5.63. The first-order chi connectivity index (χ1) is 8.56. The maximum atomic E-state index is 11.8. The third-order valence-electron chi connectivity index (χ3n) is 3.69. The molecular formula is C14H27NO3. The fourth-order valence-electron chi connectivity index (χ4n) is 2.52. The van der Waals surface area contributed by atoms with Crippen molar-refractivity contribution in [2.24, 2.45) is 5.92 Å². The highest BCUT2D eigenvalue weighted by molar-refractivity contribution is 5.84. The maximum Gasteiger partial charge on any atom is 0.254 e. The van der Waals surface area contributed by atoms with Gasteiger partial charge in [0.25, 0.3) is 5.91 Å². The topological polar surface area (TPSA) is 58.6 Å². The van der Waals surface area contributed by atoms with Crippen LogP contribution in [-0.2, 0) is 9.53 Å². The molecule has 1 fully saturated rings. The van der Waals surface area contributed by atoms with Crippen molar-refractivity contribution in [3.63, 3.8) is 0 Å². The van der Waals surface area contributed by atoms with E-state index in [-0.39, 0.29) is 12.5 Å². The van der Waals surface area contributed by atoms with Crippen molar-refractivity contribution in [3.05, 3.63) is 0 Å². The van der Waals surface area contributed by atoms with E-state index >= 15 is 0 Å². The van der Waals surface area contributed by atoms with E-state index in [0.717, 1.165) is 0 Å². The van der Waals surface area contributed by atoms with Gasteiger partial charge in [-0.3, -0.25) is 4.79 Å². The molecule has 2 N–H and O–H groups in total. The summed E-state index contributed by atoms with van der Waals surface area (Å²) in [4.78, 5) is 11.8. The lowest BCUT2D eigenvalue weighted by Crippen LogP contribution is -2.48. The average Bonchev–Trinajstić information content (AvgIpc) is 2.27. The van der Waals surface area contributed by atoms with Crippen LogP contribution >= 0.6 is 0 Å². The van der Waals surface area contributed by atoms with Crippen LogP contribution in [0.25, 0.3) is 0 Å². The molecular weight excluding hydrogens is 230 g/mol. The number of hydrogen-bond donors (Lipinski definition) is 2. The largest absolute Gasteiger partial charge is 0.381 e. The Balaban J connectivity index is 2.31. The van der Waals surface area contributed by atoms with Crippen molar-refractivity contribution in [2.45, 2.75) is 57.5 Å². The van der Waals surface area contributed by atoms with Crippen LogP contribution in [0.1, 0.15) is 51.9 Å². The summed E-state index contributed by atoms with van der Waals surface area (Å²) in [6.07, 6.45) is 8.86. The molecule has 0 aromatic rings. The first kappa shape index (κ1) is 15.4. The number of aliphatic hydroxyl groups is 1. The zero-order valence-electron chi connectivity index (χ0n) is 11.7. The minimum Gasteiger partial charge on any atom is -0.381 e. The summed E-state index contributed by atoms with van der Waals surface area (Å²) < 4.78 is 4.85. The van der Waals surface area contributed by atoms with Crippen LogP contribution in [0.3, 0.4) is 0 Å². The molecule has 18 heavy (non-hydrogen) atoms. The van der Waals surface area contributed by atoms with E-state index < -0.39 is 5.60 Å². The molecule has 1 saturated carbocycles. The first-order valence-corrected chi connectivity index (χ1v) is 7.06. The predicted octanol–water partition coefficient (Wildman–Crippen LogP) is 1.86. The number of amides is 1. The molecule has 1 atom stereocenters. The monoisotopic (exact) mass is 257 g/mol. The van der Waals surface area contributed by atoms with Gasteiger partial charge in [-0.2, -0.15) is 0 Å². The number of methoxy groups -OCH3 is 1. The Kier molecular flexibility index (Phi) is 6.65. The lowest BCUT2D eigenvalue weighted by atomic mass is 9.91. The Morgan fingerprint density at radius 2 is 1.83 bits per heavy atom. The Morgan fingerprint density at radius 1 is 1.28 bits per heavy atom. The first-order valence-electron chi connectivity index (χ1n) is 7.06. The number of nitrogens with one attached hydrogen (secondary N) is 1. The molecule has 0 aromatic heterocycles. The summed E-state index contributed by atoms with van der Waals surface area (Å²) in [5.41, 5.74) is -1.42. The van der Waals surface area contributed by atoms with E-state index in [0.29, 0.717) is 12.5 Å². The fourth-order valence-corrected chi connectivity index (χ4v) is 2.52. The van der Waals surface area contributed by atoms with E-state index in [4.69, 9.17) is 4.74 Å². The van der Waals surface area contributed by atoms with E-state index in [9.17, 15) is 9.90 Å². The standard InChI is InChI=1S/C14H27NO3/c1-14(17,11-18-2)13(16)15-10-12-8-6-4-3-5-7-9-12/h12,17H,3-11H2,1-2H3,(H,15,16). The third kappa shape index (κ3) is 5.36. The maximum absolute atomic E-state index is 11.8. The molecule has 0 radical (unpaired) electrons. The van der Waals surface area contributed by atoms with Crippen molar-refractivity contribution < 1.29 is 14.6 Å². The lowest BCUT2D eigenvalue weighted by molar-refractivity contribution is -0.143. The van der Waals surface area contributed by atoms with E-state index in [1.807, 2.05) is 0 Å². The quantitative estimate of drug-likeness (QED) is 0.790. The van der Waals surface area contributed by atoms with Gasteiger partial charge in [-0.05, 0) is 25.7 Å². The third-order valence-corrected chi connectivity index (χ3v) is 3.69. The highest BCUT2D eigenvalue weighted by Crippen LogP contribution is 2.21. The smallest absolute Gasteiger partial charge is 0.254 e. The van der Waals surface area contributed by atoms with Crippen molar-refractivity contribution in [1.29, 1.82) is 0 Å².